The Hall–Kier alpha value is -2.22. The average Bonchev–Trinajstić information content (AvgIpc) is 2.55. The lowest BCUT2D eigenvalue weighted by Crippen LogP contribution is -2.39. The van der Waals surface area contributed by atoms with E-state index in [4.69, 9.17) is 5.14 Å². The number of hydrogen-bond donors (Lipinski definition) is 2. The van der Waals surface area contributed by atoms with Crippen LogP contribution in [0.1, 0.15) is 18.1 Å². The summed E-state index contributed by atoms with van der Waals surface area (Å²) in [6, 6.07) is 13.5. The highest BCUT2D eigenvalue weighted by Gasteiger charge is 2.19. The van der Waals surface area contributed by atoms with E-state index in [2.05, 4.69) is 5.32 Å². The summed E-state index contributed by atoms with van der Waals surface area (Å²) >= 11 is 0. The number of primary sulfonamides is 1. The highest BCUT2D eigenvalue weighted by Crippen LogP contribution is 2.15. The third-order valence-electron chi connectivity index (χ3n) is 4.17. The van der Waals surface area contributed by atoms with E-state index >= 15 is 0 Å². The summed E-state index contributed by atoms with van der Waals surface area (Å²) in [5.74, 6) is -0.167. The standard InChI is InChI=1S/C18H23N3O3S/c1-13-6-4-5-7-15(13)12-21(3)14(2)18(22)20-16-8-10-17(11-9-16)25(19,23)24/h4-11,14H,12H2,1-3H3,(H,20,22)(H2,19,23,24). The maximum absolute atomic E-state index is 12.4. The van der Waals surface area contributed by atoms with E-state index in [1.807, 2.05) is 50.1 Å². The highest BCUT2D eigenvalue weighted by molar-refractivity contribution is 7.89. The van der Waals surface area contributed by atoms with Crippen LogP contribution in [0.2, 0.25) is 0 Å². The van der Waals surface area contributed by atoms with Gasteiger partial charge in [0.15, 0.2) is 0 Å². The van der Waals surface area contributed by atoms with Gasteiger partial charge in [0.25, 0.3) is 0 Å². The summed E-state index contributed by atoms with van der Waals surface area (Å²) in [4.78, 5) is 14.4. The highest BCUT2D eigenvalue weighted by atomic mass is 32.2. The molecule has 0 spiro atoms. The lowest BCUT2D eigenvalue weighted by molar-refractivity contribution is -0.120. The van der Waals surface area contributed by atoms with Crippen molar-refractivity contribution in [1.29, 1.82) is 0 Å². The van der Waals surface area contributed by atoms with Gasteiger partial charge in [0, 0.05) is 12.2 Å². The van der Waals surface area contributed by atoms with Crippen molar-refractivity contribution < 1.29 is 13.2 Å². The molecular formula is C18H23N3O3S. The summed E-state index contributed by atoms with van der Waals surface area (Å²) in [7, 11) is -1.85. The molecule has 7 heteroatoms. The van der Waals surface area contributed by atoms with Gasteiger partial charge in [-0.05, 0) is 56.3 Å². The van der Waals surface area contributed by atoms with E-state index in [0.29, 0.717) is 12.2 Å². The first-order chi connectivity index (χ1) is 11.7. The van der Waals surface area contributed by atoms with Crippen molar-refractivity contribution >= 4 is 21.6 Å². The second-order valence-electron chi connectivity index (χ2n) is 6.08. The molecule has 0 heterocycles. The lowest BCUT2D eigenvalue weighted by Gasteiger charge is -2.24. The Kier molecular flexibility index (Phi) is 5.94. The number of nitrogens with zero attached hydrogens (tertiary/aromatic N) is 1. The van der Waals surface area contributed by atoms with Crippen LogP contribution in [0.4, 0.5) is 5.69 Å². The molecular weight excluding hydrogens is 338 g/mol. The second-order valence-corrected chi connectivity index (χ2v) is 7.64. The SMILES string of the molecule is Cc1ccccc1CN(C)C(C)C(=O)Nc1ccc(S(N)(=O)=O)cc1. The van der Waals surface area contributed by atoms with Crippen LogP contribution in [-0.4, -0.2) is 32.3 Å². The zero-order valence-corrected chi connectivity index (χ0v) is 15.4. The van der Waals surface area contributed by atoms with Gasteiger partial charge in [0.05, 0.1) is 10.9 Å². The minimum Gasteiger partial charge on any atom is -0.325 e. The van der Waals surface area contributed by atoms with Crippen molar-refractivity contribution in [2.45, 2.75) is 31.3 Å². The molecule has 2 aromatic carbocycles. The zero-order valence-electron chi connectivity index (χ0n) is 14.6. The molecule has 25 heavy (non-hydrogen) atoms. The Labute approximate surface area is 148 Å². The monoisotopic (exact) mass is 361 g/mol. The fraction of sp³-hybridized carbons (Fsp3) is 0.278. The van der Waals surface area contributed by atoms with Crippen LogP contribution in [0.3, 0.4) is 0 Å². The molecule has 0 saturated carbocycles. The number of benzene rings is 2. The van der Waals surface area contributed by atoms with Gasteiger partial charge in [0.2, 0.25) is 15.9 Å². The van der Waals surface area contributed by atoms with Crippen LogP contribution in [0, 0.1) is 6.92 Å². The molecule has 2 aromatic rings. The summed E-state index contributed by atoms with van der Waals surface area (Å²) in [5.41, 5.74) is 2.87. The number of nitrogens with one attached hydrogen (secondary N) is 1. The van der Waals surface area contributed by atoms with Gasteiger partial charge in [0.1, 0.15) is 0 Å². The van der Waals surface area contributed by atoms with Crippen LogP contribution < -0.4 is 10.5 Å². The van der Waals surface area contributed by atoms with Crippen LogP contribution >= 0.6 is 0 Å². The quantitative estimate of drug-likeness (QED) is 0.824. The summed E-state index contributed by atoms with van der Waals surface area (Å²) in [5, 5.41) is 7.85. The second kappa shape index (κ2) is 7.77. The molecule has 0 radical (unpaired) electrons. The molecule has 0 aliphatic heterocycles. The maximum atomic E-state index is 12.4. The Balaban J connectivity index is 2.01. The molecule has 1 amide bonds. The van der Waals surface area contributed by atoms with E-state index in [1.54, 1.807) is 0 Å². The molecule has 0 bridgehead atoms. The van der Waals surface area contributed by atoms with Crippen molar-refractivity contribution in [1.82, 2.24) is 4.90 Å². The third-order valence-corrected chi connectivity index (χ3v) is 5.10. The number of amides is 1. The number of likely N-dealkylation sites (N-methyl/N-ethyl adjacent to an activating group) is 1. The minimum absolute atomic E-state index is 0.00946. The van der Waals surface area contributed by atoms with E-state index in [9.17, 15) is 13.2 Å². The molecule has 6 nitrogen and oxygen atoms in total. The number of sulfonamides is 1. The third kappa shape index (κ3) is 5.12. The van der Waals surface area contributed by atoms with E-state index in [0.717, 1.165) is 0 Å². The summed E-state index contributed by atoms with van der Waals surface area (Å²) in [6.45, 7) is 4.53. The first kappa shape index (κ1) is 19.1. The van der Waals surface area contributed by atoms with Crippen LogP contribution in [0.25, 0.3) is 0 Å². The van der Waals surface area contributed by atoms with Gasteiger partial charge in [-0.25, -0.2) is 13.6 Å². The van der Waals surface area contributed by atoms with Gasteiger partial charge in [-0.2, -0.15) is 0 Å². The van der Waals surface area contributed by atoms with Gasteiger partial charge < -0.3 is 5.32 Å². The normalized spacial score (nSPS) is 12.8. The van der Waals surface area contributed by atoms with Crippen LogP contribution in [0.15, 0.2) is 53.4 Å². The number of nitrogens with two attached hydrogens (primary N) is 1. The van der Waals surface area contributed by atoms with E-state index < -0.39 is 10.0 Å². The number of anilines is 1. The number of hydrogen-bond acceptors (Lipinski definition) is 4. The Morgan fingerprint density at radius 2 is 1.76 bits per heavy atom. The topological polar surface area (TPSA) is 92.5 Å². The Morgan fingerprint density at radius 3 is 2.32 bits per heavy atom. The van der Waals surface area contributed by atoms with Crippen molar-refractivity contribution in [3.05, 3.63) is 59.7 Å². The van der Waals surface area contributed by atoms with Crippen molar-refractivity contribution in [3.63, 3.8) is 0 Å². The zero-order chi connectivity index (χ0) is 18.6. The maximum Gasteiger partial charge on any atom is 0.241 e. The number of carbonyl (C=O) groups is 1. The van der Waals surface area contributed by atoms with Crippen LogP contribution in [-0.2, 0) is 21.4 Å². The van der Waals surface area contributed by atoms with Gasteiger partial charge in [-0.3, -0.25) is 9.69 Å². The lowest BCUT2D eigenvalue weighted by atomic mass is 10.1. The number of carbonyl (C=O) groups excluding carboxylic acids is 1. The molecule has 1 atom stereocenters. The predicted molar refractivity (Wildman–Crippen MR) is 98.6 cm³/mol. The predicted octanol–water partition coefficient (Wildman–Crippen LogP) is 2.10. The first-order valence-electron chi connectivity index (χ1n) is 7.87. The smallest absolute Gasteiger partial charge is 0.241 e. The summed E-state index contributed by atoms with van der Waals surface area (Å²) < 4.78 is 22.5. The van der Waals surface area contributed by atoms with Crippen molar-refractivity contribution in [2.24, 2.45) is 5.14 Å². The fourth-order valence-electron chi connectivity index (χ4n) is 2.37. The van der Waals surface area contributed by atoms with E-state index in [1.165, 1.54) is 35.4 Å². The molecule has 0 aliphatic carbocycles. The molecule has 1 unspecified atom stereocenters. The Morgan fingerprint density at radius 1 is 1.16 bits per heavy atom. The number of aryl methyl sites for hydroxylation is 1. The molecule has 2 rings (SSSR count). The van der Waals surface area contributed by atoms with Crippen LogP contribution in [0.5, 0.6) is 0 Å². The van der Waals surface area contributed by atoms with Gasteiger partial charge >= 0.3 is 0 Å². The molecule has 134 valence electrons. The molecule has 3 N–H and O–H groups in total. The minimum atomic E-state index is -3.74. The molecule has 0 aromatic heterocycles. The first-order valence-corrected chi connectivity index (χ1v) is 9.41. The molecule has 0 aliphatic rings. The largest absolute Gasteiger partial charge is 0.325 e. The van der Waals surface area contributed by atoms with Gasteiger partial charge in [-0.15, -0.1) is 0 Å². The van der Waals surface area contributed by atoms with Crippen molar-refractivity contribution in [2.75, 3.05) is 12.4 Å². The summed E-state index contributed by atoms with van der Waals surface area (Å²) in [6.07, 6.45) is 0. The molecule has 0 saturated heterocycles. The van der Waals surface area contributed by atoms with Gasteiger partial charge in [-0.1, -0.05) is 24.3 Å². The molecule has 0 fully saturated rings. The van der Waals surface area contributed by atoms with E-state index in [-0.39, 0.29) is 16.8 Å². The fourth-order valence-corrected chi connectivity index (χ4v) is 2.88. The number of rotatable bonds is 6. The van der Waals surface area contributed by atoms with Crippen molar-refractivity contribution in [3.8, 4) is 0 Å². The average molecular weight is 361 g/mol. The Bertz CT molecular complexity index is 848.